The first-order chi connectivity index (χ1) is 10.1. The number of benzene rings is 1. The van der Waals surface area contributed by atoms with Crippen LogP contribution in [0.3, 0.4) is 0 Å². The van der Waals surface area contributed by atoms with Gasteiger partial charge in [-0.25, -0.2) is 0 Å². The van der Waals surface area contributed by atoms with Crippen LogP contribution in [0.2, 0.25) is 0 Å². The molecule has 1 heterocycles. The molecule has 0 saturated carbocycles. The third-order valence-corrected chi connectivity index (χ3v) is 3.68. The number of aryl methyl sites for hydroxylation is 2. The van der Waals surface area contributed by atoms with E-state index in [1.54, 1.807) is 0 Å². The van der Waals surface area contributed by atoms with E-state index in [-0.39, 0.29) is 0 Å². The second-order valence-electron chi connectivity index (χ2n) is 5.04. The Kier molecular flexibility index (Phi) is 4.54. The summed E-state index contributed by atoms with van der Waals surface area (Å²) in [6, 6.07) is 10.5. The first-order valence-corrected chi connectivity index (χ1v) is 7.21. The van der Waals surface area contributed by atoms with Gasteiger partial charge in [0.05, 0.1) is 5.69 Å². The molecule has 21 heavy (non-hydrogen) atoms. The number of anilines is 2. The lowest BCUT2D eigenvalue weighted by atomic mass is 10.0. The second kappa shape index (κ2) is 6.36. The van der Waals surface area contributed by atoms with Crippen LogP contribution in [-0.4, -0.2) is 17.2 Å². The highest BCUT2D eigenvalue weighted by atomic mass is 15.3. The summed E-state index contributed by atoms with van der Waals surface area (Å²) in [4.78, 5) is 1.92. The standard InChI is InChI=1S/C17H20N4/c1-5-14-15(11-18)17(20-19-16(14)6-2)21(4)13-9-7-12(3)8-10-13/h7-10H,5-6H2,1-4H3. The Balaban J connectivity index is 2.53. The molecule has 2 rings (SSSR count). The molecule has 4 heteroatoms. The van der Waals surface area contributed by atoms with Crippen molar-refractivity contribution in [2.75, 3.05) is 11.9 Å². The number of aromatic nitrogens is 2. The van der Waals surface area contributed by atoms with E-state index in [1.807, 2.05) is 50.1 Å². The fraction of sp³-hybridized carbons (Fsp3) is 0.353. The first kappa shape index (κ1) is 15.0. The molecule has 0 unspecified atom stereocenters. The number of hydrogen-bond acceptors (Lipinski definition) is 4. The lowest BCUT2D eigenvalue weighted by Crippen LogP contribution is -2.16. The van der Waals surface area contributed by atoms with Crippen molar-refractivity contribution in [1.29, 1.82) is 5.26 Å². The lowest BCUT2D eigenvalue weighted by molar-refractivity contribution is 0.862. The zero-order valence-electron chi connectivity index (χ0n) is 13.0. The molecule has 4 nitrogen and oxygen atoms in total. The van der Waals surface area contributed by atoms with Gasteiger partial charge < -0.3 is 4.90 Å². The van der Waals surface area contributed by atoms with E-state index >= 15 is 0 Å². The Morgan fingerprint density at radius 2 is 1.76 bits per heavy atom. The molecule has 0 amide bonds. The molecule has 1 aromatic heterocycles. The van der Waals surface area contributed by atoms with E-state index in [2.05, 4.69) is 23.2 Å². The van der Waals surface area contributed by atoms with Gasteiger partial charge in [-0.2, -0.15) is 10.4 Å². The maximum absolute atomic E-state index is 9.55. The Morgan fingerprint density at radius 3 is 2.29 bits per heavy atom. The summed E-state index contributed by atoms with van der Waals surface area (Å²) in [5, 5.41) is 18.1. The van der Waals surface area contributed by atoms with Crippen molar-refractivity contribution in [1.82, 2.24) is 10.2 Å². The normalized spacial score (nSPS) is 10.2. The van der Waals surface area contributed by atoms with Crippen molar-refractivity contribution in [3.8, 4) is 6.07 Å². The summed E-state index contributed by atoms with van der Waals surface area (Å²) in [6.45, 7) is 6.13. The number of nitriles is 1. The minimum atomic E-state index is 0.621. The Labute approximate surface area is 126 Å². The molecule has 0 spiro atoms. The van der Waals surface area contributed by atoms with Crippen molar-refractivity contribution >= 4 is 11.5 Å². The van der Waals surface area contributed by atoms with Gasteiger partial charge in [0.1, 0.15) is 11.6 Å². The Bertz CT molecular complexity index is 668. The van der Waals surface area contributed by atoms with Gasteiger partial charge in [-0.1, -0.05) is 31.5 Å². The molecule has 2 aromatic rings. The topological polar surface area (TPSA) is 52.8 Å². The Morgan fingerprint density at radius 1 is 1.10 bits per heavy atom. The second-order valence-corrected chi connectivity index (χ2v) is 5.04. The average Bonchev–Trinajstić information content (AvgIpc) is 2.53. The van der Waals surface area contributed by atoms with Gasteiger partial charge in [0.15, 0.2) is 5.82 Å². The van der Waals surface area contributed by atoms with E-state index in [1.165, 1.54) is 5.56 Å². The average molecular weight is 280 g/mol. The number of hydrogen-bond donors (Lipinski definition) is 0. The third kappa shape index (κ3) is 2.87. The minimum Gasteiger partial charge on any atom is -0.327 e. The molecule has 0 bridgehead atoms. The van der Waals surface area contributed by atoms with Crippen molar-refractivity contribution in [3.63, 3.8) is 0 Å². The fourth-order valence-electron chi connectivity index (χ4n) is 2.41. The molecular formula is C17H20N4. The summed E-state index contributed by atoms with van der Waals surface area (Å²) in [7, 11) is 1.92. The van der Waals surface area contributed by atoms with Crippen LogP contribution in [0.4, 0.5) is 11.5 Å². The van der Waals surface area contributed by atoms with Crippen LogP contribution in [0.1, 0.15) is 36.2 Å². The van der Waals surface area contributed by atoms with Gasteiger partial charge in [0.2, 0.25) is 0 Å². The SMILES string of the molecule is CCc1nnc(N(C)c2ccc(C)cc2)c(C#N)c1CC. The maximum Gasteiger partial charge on any atom is 0.173 e. The van der Waals surface area contributed by atoms with E-state index in [0.717, 1.165) is 29.8 Å². The Hall–Kier alpha value is -2.41. The minimum absolute atomic E-state index is 0.621. The molecule has 0 aliphatic carbocycles. The molecule has 0 N–H and O–H groups in total. The molecule has 0 aliphatic heterocycles. The number of nitrogens with zero attached hydrogens (tertiary/aromatic N) is 4. The zero-order chi connectivity index (χ0) is 15.4. The summed E-state index contributed by atoms with van der Waals surface area (Å²) in [5.41, 5.74) is 4.75. The van der Waals surface area contributed by atoms with Crippen LogP contribution >= 0.6 is 0 Å². The smallest absolute Gasteiger partial charge is 0.173 e. The van der Waals surface area contributed by atoms with Gasteiger partial charge in [-0.15, -0.1) is 5.10 Å². The molecule has 0 radical (unpaired) electrons. The third-order valence-electron chi connectivity index (χ3n) is 3.68. The van der Waals surface area contributed by atoms with Gasteiger partial charge >= 0.3 is 0 Å². The van der Waals surface area contributed by atoms with Gasteiger partial charge in [-0.3, -0.25) is 0 Å². The van der Waals surface area contributed by atoms with E-state index in [0.29, 0.717) is 11.4 Å². The zero-order valence-corrected chi connectivity index (χ0v) is 13.0. The highest BCUT2D eigenvalue weighted by Crippen LogP contribution is 2.28. The van der Waals surface area contributed by atoms with Crippen LogP contribution in [-0.2, 0) is 12.8 Å². The predicted molar refractivity (Wildman–Crippen MR) is 84.7 cm³/mol. The molecule has 0 fully saturated rings. The number of rotatable bonds is 4. The monoisotopic (exact) mass is 280 g/mol. The summed E-state index contributed by atoms with van der Waals surface area (Å²) in [5.74, 6) is 0.621. The predicted octanol–water partition coefficient (Wildman–Crippen LogP) is 3.55. The largest absolute Gasteiger partial charge is 0.327 e. The van der Waals surface area contributed by atoms with Crippen LogP contribution in [0.15, 0.2) is 24.3 Å². The summed E-state index contributed by atoms with van der Waals surface area (Å²) < 4.78 is 0. The highest BCUT2D eigenvalue weighted by molar-refractivity contribution is 5.67. The van der Waals surface area contributed by atoms with Gasteiger partial charge in [-0.05, 0) is 37.5 Å². The van der Waals surface area contributed by atoms with E-state index < -0.39 is 0 Å². The summed E-state index contributed by atoms with van der Waals surface area (Å²) in [6.07, 6.45) is 1.58. The van der Waals surface area contributed by atoms with Crippen molar-refractivity contribution in [3.05, 3.63) is 46.6 Å². The molecular weight excluding hydrogens is 260 g/mol. The van der Waals surface area contributed by atoms with E-state index in [4.69, 9.17) is 0 Å². The van der Waals surface area contributed by atoms with Crippen molar-refractivity contribution in [2.24, 2.45) is 0 Å². The van der Waals surface area contributed by atoms with Crippen LogP contribution in [0.5, 0.6) is 0 Å². The summed E-state index contributed by atoms with van der Waals surface area (Å²) >= 11 is 0. The molecule has 0 aliphatic rings. The van der Waals surface area contributed by atoms with Gasteiger partial charge in [0.25, 0.3) is 0 Å². The van der Waals surface area contributed by atoms with Crippen molar-refractivity contribution < 1.29 is 0 Å². The molecule has 1 aromatic carbocycles. The molecule has 0 atom stereocenters. The highest BCUT2D eigenvalue weighted by Gasteiger charge is 2.18. The maximum atomic E-state index is 9.55. The van der Waals surface area contributed by atoms with Crippen molar-refractivity contribution in [2.45, 2.75) is 33.6 Å². The lowest BCUT2D eigenvalue weighted by Gasteiger charge is -2.21. The fourth-order valence-corrected chi connectivity index (χ4v) is 2.41. The quantitative estimate of drug-likeness (QED) is 0.859. The van der Waals surface area contributed by atoms with Crippen LogP contribution in [0, 0.1) is 18.3 Å². The first-order valence-electron chi connectivity index (χ1n) is 7.21. The van der Waals surface area contributed by atoms with Gasteiger partial charge in [0, 0.05) is 12.7 Å². The molecule has 0 saturated heterocycles. The molecule has 108 valence electrons. The van der Waals surface area contributed by atoms with Crippen LogP contribution in [0.25, 0.3) is 0 Å². The van der Waals surface area contributed by atoms with E-state index in [9.17, 15) is 5.26 Å². The van der Waals surface area contributed by atoms with Crippen LogP contribution < -0.4 is 4.90 Å².